The van der Waals surface area contributed by atoms with Crippen LogP contribution < -0.4 is 5.32 Å². The Labute approximate surface area is 130 Å². The molecule has 0 aromatic carbocycles. The molecule has 7 heteroatoms. The summed E-state index contributed by atoms with van der Waals surface area (Å²) in [5.41, 5.74) is 0. The molecule has 1 rings (SSSR count). The third-order valence-corrected chi connectivity index (χ3v) is 4.29. The monoisotopic (exact) mass is 318 g/mol. The summed E-state index contributed by atoms with van der Waals surface area (Å²) < 4.78 is 5.43. The topological polar surface area (TPSA) is 78.9 Å². The molecule has 0 aromatic rings. The highest BCUT2D eigenvalue weighted by Gasteiger charge is 2.28. The molecule has 6 nitrogen and oxygen atoms in total. The quantitative estimate of drug-likeness (QED) is 0.667. The Bertz CT molecular complexity index is 339. The highest BCUT2D eigenvalue weighted by Crippen LogP contribution is 2.19. The zero-order valence-electron chi connectivity index (χ0n) is 12.8. The minimum Gasteiger partial charge on any atom is -0.481 e. The fourth-order valence-corrected chi connectivity index (χ4v) is 3.20. The number of nitrogens with one attached hydrogen (secondary N) is 1. The summed E-state index contributed by atoms with van der Waals surface area (Å²) in [4.78, 5) is 24.6. The molecule has 1 aliphatic heterocycles. The van der Waals surface area contributed by atoms with E-state index in [2.05, 4.69) is 5.32 Å². The van der Waals surface area contributed by atoms with Crippen molar-refractivity contribution >= 4 is 23.8 Å². The van der Waals surface area contributed by atoms with E-state index in [4.69, 9.17) is 9.84 Å². The van der Waals surface area contributed by atoms with E-state index >= 15 is 0 Å². The van der Waals surface area contributed by atoms with Gasteiger partial charge in [0.2, 0.25) is 0 Å². The first-order chi connectivity index (χ1) is 10.0. The summed E-state index contributed by atoms with van der Waals surface area (Å²) in [6, 6.07) is -0.350. The highest BCUT2D eigenvalue weighted by atomic mass is 32.2. The Hall–Kier alpha value is -0.950. The molecule has 0 saturated carbocycles. The molecule has 1 aliphatic rings. The van der Waals surface area contributed by atoms with Crippen LogP contribution in [0.4, 0.5) is 4.79 Å². The van der Waals surface area contributed by atoms with Crippen LogP contribution in [0.2, 0.25) is 0 Å². The molecule has 1 fully saturated rings. The smallest absolute Gasteiger partial charge is 0.317 e. The number of urea groups is 1. The Morgan fingerprint density at radius 2 is 2.19 bits per heavy atom. The van der Waals surface area contributed by atoms with Gasteiger partial charge in [-0.15, -0.1) is 0 Å². The van der Waals surface area contributed by atoms with Gasteiger partial charge in [-0.3, -0.25) is 4.79 Å². The molecule has 2 N–H and O–H groups in total. The summed E-state index contributed by atoms with van der Waals surface area (Å²) in [7, 11) is 0. The standard InChI is InChI=1S/C14H26N2O4S/c1-11(2)20-7-4-3-5-15-14(19)16-6-8-21-10-12(16)9-13(17)18/h11-12H,3-10H2,1-2H3,(H,15,19)(H,17,18). The van der Waals surface area contributed by atoms with Crippen molar-refractivity contribution < 1.29 is 19.4 Å². The molecule has 1 unspecified atom stereocenters. The van der Waals surface area contributed by atoms with Crippen molar-refractivity contribution in [2.75, 3.05) is 31.2 Å². The maximum absolute atomic E-state index is 12.1. The summed E-state index contributed by atoms with van der Waals surface area (Å²) in [6.45, 7) is 5.92. The highest BCUT2D eigenvalue weighted by molar-refractivity contribution is 7.99. The van der Waals surface area contributed by atoms with Crippen molar-refractivity contribution in [2.45, 2.75) is 45.3 Å². The zero-order valence-corrected chi connectivity index (χ0v) is 13.7. The fraction of sp³-hybridized carbons (Fsp3) is 0.857. The maximum Gasteiger partial charge on any atom is 0.317 e. The van der Waals surface area contributed by atoms with Crippen molar-refractivity contribution in [2.24, 2.45) is 0 Å². The van der Waals surface area contributed by atoms with Crippen molar-refractivity contribution in [3.63, 3.8) is 0 Å². The molecular formula is C14H26N2O4S. The van der Waals surface area contributed by atoms with Crippen LogP contribution in [0.5, 0.6) is 0 Å². The fourth-order valence-electron chi connectivity index (χ4n) is 2.14. The molecule has 1 atom stereocenters. The van der Waals surface area contributed by atoms with E-state index in [1.165, 1.54) is 0 Å². The maximum atomic E-state index is 12.1. The number of aliphatic carboxylic acids is 1. The number of amides is 2. The molecule has 0 spiro atoms. The van der Waals surface area contributed by atoms with Crippen molar-refractivity contribution in [3.8, 4) is 0 Å². The van der Waals surface area contributed by atoms with Gasteiger partial charge in [-0.2, -0.15) is 11.8 Å². The number of carbonyl (C=O) groups is 2. The number of carboxylic acid groups (broad SMARTS) is 1. The van der Waals surface area contributed by atoms with Gasteiger partial charge in [-0.05, 0) is 26.7 Å². The molecule has 0 radical (unpaired) electrons. The van der Waals surface area contributed by atoms with E-state index in [1.807, 2.05) is 13.8 Å². The van der Waals surface area contributed by atoms with Crippen LogP contribution in [0, 0.1) is 0 Å². The zero-order chi connectivity index (χ0) is 15.7. The van der Waals surface area contributed by atoms with Gasteiger partial charge in [0.05, 0.1) is 18.6 Å². The van der Waals surface area contributed by atoms with Crippen LogP contribution in [0.15, 0.2) is 0 Å². The third kappa shape index (κ3) is 7.57. The Morgan fingerprint density at radius 3 is 2.86 bits per heavy atom. The number of ether oxygens (including phenoxy) is 1. The summed E-state index contributed by atoms with van der Waals surface area (Å²) in [5.74, 6) is 0.708. The van der Waals surface area contributed by atoms with Gasteiger partial charge in [0.15, 0.2) is 0 Å². The number of hydrogen-bond donors (Lipinski definition) is 2. The summed E-state index contributed by atoms with van der Waals surface area (Å²) in [5, 5.41) is 11.8. The van der Waals surface area contributed by atoms with Gasteiger partial charge in [0.1, 0.15) is 0 Å². The average molecular weight is 318 g/mol. The largest absolute Gasteiger partial charge is 0.481 e. The minimum absolute atomic E-state index is 0.0165. The second-order valence-electron chi connectivity index (χ2n) is 5.38. The summed E-state index contributed by atoms with van der Waals surface area (Å²) >= 11 is 1.70. The lowest BCUT2D eigenvalue weighted by molar-refractivity contribution is -0.138. The van der Waals surface area contributed by atoms with E-state index in [-0.39, 0.29) is 24.6 Å². The van der Waals surface area contributed by atoms with Crippen LogP contribution >= 0.6 is 11.8 Å². The van der Waals surface area contributed by atoms with Gasteiger partial charge in [0.25, 0.3) is 0 Å². The van der Waals surface area contributed by atoms with Crippen LogP contribution in [0.1, 0.15) is 33.1 Å². The van der Waals surface area contributed by atoms with E-state index in [0.717, 1.165) is 18.6 Å². The van der Waals surface area contributed by atoms with Crippen molar-refractivity contribution in [1.29, 1.82) is 0 Å². The molecule has 21 heavy (non-hydrogen) atoms. The molecule has 1 heterocycles. The normalized spacial score (nSPS) is 18.8. The number of unbranched alkanes of at least 4 members (excludes halogenated alkanes) is 1. The number of carboxylic acids is 1. The van der Waals surface area contributed by atoms with E-state index in [9.17, 15) is 9.59 Å². The van der Waals surface area contributed by atoms with Crippen molar-refractivity contribution in [3.05, 3.63) is 0 Å². The van der Waals surface area contributed by atoms with Gasteiger partial charge in [-0.1, -0.05) is 0 Å². The Morgan fingerprint density at radius 1 is 1.43 bits per heavy atom. The predicted molar refractivity (Wildman–Crippen MR) is 83.8 cm³/mol. The Kier molecular flexibility index (Phi) is 8.52. The molecule has 0 bridgehead atoms. The first-order valence-electron chi connectivity index (χ1n) is 7.46. The molecule has 1 saturated heterocycles. The number of hydrogen-bond acceptors (Lipinski definition) is 4. The van der Waals surface area contributed by atoms with Gasteiger partial charge < -0.3 is 20.1 Å². The van der Waals surface area contributed by atoms with Gasteiger partial charge in [-0.25, -0.2) is 4.79 Å². The second kappa shape index (κ2) is 9.89. The molecular weight excluding hydrogens is 292 g/mol. The van der Waals surface area contributed by atoms with E-state index in [1.54, 1.807) is 16.7 Å². The minimum atomic E-state index is -0.855. The molecule has 122 valence electrons. The van der Waals surface area contributed by atoms with Crippen LogP contribution in [-0.2, 0) is 9.53 Å². The SMILES string of the molecule is CC(C)OCCCCNC(=O)N1CCSCC1CC(=O)O. The first-order valence-corrected chi connectivity index (χ1v) is 8.61. The van der Waals surface area contributed by atoms with Crippen LogP contribution in [0.25, 0.3) is 0 Å². The van der Waals surface area contributed by atoms with E-state index in [0.29, 0.717) is 25.4 Å². The van der Waals surface area contributed by atoms with Crippen molar-refractivity contribution in [1.82, 2.24) is 10.2 Å². The summed E-state index contributed by atoms with van der Waals surface area (Å²) in [6.07, 6.45) is 2.03. The number of rotatable bonds is 8. The molecule has 0 aromatic heterocycles. The Balaban J connectivity index is 2.24. The lowest BCUT2D eigenvalue weighted by Crippen LogP contribution is -2.51. The lowest BCUT2D eigenvalue weighted by Gasteiger charge is -2.34. The average Bonchev–Trinajstić information content (AvgIpc) is 2.42. The number of thioether (sulfide) groups is 1. The third-order valence-electron chi connectivity index (χ3n) is 3.20. The first kappa shape index (κ1) is 18.1. The van der Waals surface area contributed by atoms with Crippen LogP contribution in [0.3, 0.4) is 0 Å². The lowest BCUT2D eigenvalue weighted by atomic mass is 10.2. The van der Waals surface area contributed by atoms with Gasteiger partial charge in [0, 0.05) is 31.2 Å². The molecule has 2 amide bonds. The molecule has 0 aliphatic carbocycles. The predicted octanol–water partition coefficient (Wildman–Crippen LogP) is 1.79. The second-order valence-corrected chi connectivity index (χ2v) is 6.53. The number of carbonyl (C=O) groups excluding carboxylic acids is 1. The van der Waals surface area contributed by atoms with Crippen LogP contribution in [-0.4, -0.2) is 65.4 Å². The number of nitrogens with zero attached hydrogens (tertiary/aromatic N) is 1. The van der Waals surface area contributed by atoms with Gasteiger partial charge >= 0.3 is 12.0 Å². The van der Waals surface area contributed by atoms with E-state index < -0.39 is 5.97 Å².